The summed E-state index contributed by atoms with van der Waals surface area (Å²) < 4.78 is 37.7. The Labute approximate surface area is 139 Å². The molecule has 0 radical (unpaired) electrons. The van der Waals surface area contributed by atoms with E-state index in [1.165, 1.54) is 12.1 Å². The summed E-state index contributed by atoms with van der Waals surface area (Å²) in [5.41, 5.74) is 0.161. The molecular formula is C17H22F3N3O. The molecule has 1 aromatic rings. The molecule has 1 heterocycles. The average Bonchev–Trinajstić information content (AvgIpc) is 3.36. The summed E-state index contributed by atoms with van der Waals surface area (Å²) >= 11 is 0. The predicted molar refractivity (Wildman–Crippen MR) is 84.6 cm³/mol. The number of halogens is 3. The minimum atomic E-state index is -4.32. The molecule has 1 aliphatic heterocycles. The van der Waals surface area contributed by atoms with E-state index >= 15 is 0 Å². The zero-order valence-electron chi connectivity index (χ0n) is 13.4. The molecular weight excluding hydrogens is 319 g/mol. The molecule has 1 aromatic carbocycles. The van der Waals surface area contributed by atoms with Gasteiger partial charge in [0.15, 0.2) is 0 Å². The van der Waals surface area contributed by atoms with Gasteiger partial charge in [-0.05, 0) is 30.0 Å². The van der Waals surface area contributed by atoms with Crippen LogP contribution in [0.4, 0.5) is 13.2 Å². The molecule has 0 aromatic heterocycles. The van der Waals surface area contributed by atoms with Crippen molar-refractivity contribution in [3.8, 4) is 0 Å². The first-order valence-corrected chi connectivity index (χ1v) is 8.33. The molecule has 1 saturated carbocycles. The lowest BCUT2D eigenvalue weighted by atomic mass is 10.1. The Morgan fingerprint density at radius 3 is 2.50 bits per heavy atom. The molecule has 7 heteroatoms. The molecule has 2 unspecified atom stereocenters. The zero-order chi connectivity index (χ0) is 17.2. The number of nitrogens with one attached hydrogen (secondary N) is 2. The van der Waals surface area contributed by atoms with E-state index < -0.39 is 11.7 Å². The third-order valence-electron chi connectivity index (χ3n) is 4.73. The van der Waals surface area contributed by atoms with Gasteiger partial charge in [0, 0.05) is 45.2 Å². The molecule has 2 aliphatic rings. The van der Waals surface area contributed by atoms with Crippen LogP contribution < -0.4 is 10.6 Å². The first-order chi connectivity index (χ1) is 11.4. The van der Waals surface area contributed by atoms with Gasteiger partial charge < -0.3 is 10.6 Å². The minimum absolute atomic E-state index is 0.00929. The van der Waals surface area contributed by atoms with Crippen molar-refractivity contribution in [2.45, 2.75) is 18.5 Å². The second-order valence-electron chi connectivity index (χ2n) is 6.45. The van der Waals surface area contributed by atoms with Crippen molar-refractivity contribution in [1.82, 2.24) is 15.5 Å². The Kier molecular flexibility index (Phi) is 5.10. The number of benzene rings is 1. The van der Waals surface area contributed by atoms with Crippen LogP contribution in [-0.2, 0) is 11.0 Å². The summed E-state index contributed by atoms with van der Waals surface area (Å²) in [6, 6.07) is 5.16. The molecule has 1 aliphatic carbocycles. The number of rotatable bonds is 5. The van der Waals surface area contributed by atoms with Crippen LogP contribution >= 0.6 is 0 Å². The van der Waals surface area contributed by atoms with Gasteiger partial charge in [-0.15, -0.1) is 0 Å². The van der Waals surface area contributed by atoms with E-state index in [-0.39, 0.29) is 17.7 Å². The maximum atomic E-state index is 12.6. The summed E-state index contributed by atoms with van der Waals surface area (Å²) in [5, 5.41) is 6.23. The average molecular weight is 341 g/mol. The van der Waals surface area contributed by atoms with Crippen molar-refractivity contribution >= 4 is 5.91 Å². The van der Waals surface area contributed by atoms with Gasteiger partial charge >= 0.3 is 6.18 Å². The fourth-order valence-corrected chi connectivity index (χ4v) is 3.18. The second-order valence-corrected chi connectivity index (χ2v) is 6.45. The van der Waals surface area contributed by atoms with Crippen LogP contribution in [0.2, 0.25) is 0 Å². The lowest BCUT2D eigenvalue weighted by Crippen LogP contribution is -2.46. The lowest BCUT2D eigenvalue weighted by molar-refractivity contribution is -0.137. The van der Waals surface area contributed by atoms with Gasteiger partial charge in [-0.1, -0.05) is 12.1 Å². The van der Waals surface area contributed by atoms with Crippen LogP contribution in [0.5, 0.6) is 0 Å². The first-order valence-electron chi connectivity index (χ1n) is 8.33. The topological polar surface area (TPSA) is 44.4 Å². The quantitative estimate of drug-likeness (QED) is 0.859. The molecule has 2 N–H and O–H groups in total. The summed E-state index contributed by atoms with van der Waals surface area (Å²) in [7, 11) is 0. The van der Waals surface area contributed by atoms with E-state index in [1.54, 1.807) is 0 Å². The van der Waals surface area contributed by atoms with Gasteiger partial charge in [0.05, 0.1) is 5.56 Å². The van der Waals surface area contributed by atoms with Crippen molar-refractivity contribution in [2.75, 3.05) is 39.3 Å². The highest BCUT2D eigenvalue weighted by Gasteiger charge is 2.44. The Morgan fingerprint density at radius 1 is 1.21 bits per heavy atom. The molecule has 0 spiro atoms. The molecule has 1 saturated heterocycles. The molecule has 2 atom stereocenters. The fourth-order valence-electron chi connectivity index (χ4n) is 3.18. The normalized spacial score (nSPS) is 24.6. The minimum Gasteiger partial charge on any atom is -0.355 e. The van der Waals surface area contributed by atoms with Gasteiger partial charge in [0.2, 0.25) is 5.91 Å². The molecule has 4 nitrogen and oxygen atoms in total. The molecule has 132 valence electrons. The highest BCUT2D eigenvalue weighted by molar-refractivity contribution is 5.82. The molecule has 3 rings (SSSR count). The summed E-state index contributed by atoms with van der Waals surface area (Å²) in [5.74, 6) is -0.0498. The van der Waals surface area contributed by atoms with Crippen LogP contribution in [0.1, 0.15) is 23.5 Å². The Morgan fingerprint density at radius 2 is 1.88 bits per heavy atom. The summed E-state index contributed by atoms with van der Waals surface area (Å²) in [6.45, 7) is 5.40. The number of piperazine rings is 1. The van der Waals surface area contributed by atoms with E-state index in [0.29, 0.717) is 13.0 Å². The maximum Gasteiger partial charge on any atom is 0.416 e. The predicted octanol–water partition coefficient (Wildman–Crippen LogP) is 1.83. The van der Waals surface area contributed by atoms with E-state index in [2.05, 4.69) is 15.5 Å². The highest BCUT2D eigenvalue weighted by Crippen LogP contribution is 2.47. The maximum absolute atomic E-state index is 12.6. The van der Waals surface area contributed by atoms with Crippen LogP contribution in [-0.4, -0.2) is 50.1 Å². The number of carbonyl (C=O) groups is 1. The SMILES string of the molecule is O=C(NCCN1CCNCC1)C1CC1c1ccc(C(F)(F)F)cc1. The Balaban J connectivity index is 1.43. The van der Waals surface area contributed by atoms with Gasteiger partial charge in [-0.3, -0.25) is 9.69 Å². The smallest absolute Gasteiger partial charge is 0.355 e. The largest absolute Gasteiger partial charge is 0.416 e. The number of carbonyl (C=O) groups excluding carboxylic acids is 1. The van der Waals surface area contributed by atoms with E-state index in [9.17, 15) is 18.0 Å². The van der Waals surface area contributed by atoms with Gasteiger partial charge in [0.25, 0.3) is 0 Å². The number of hydrogen-bond acceptors (Lipinski definition) is 3. The monoisotopic (exact) mass is 341 g/mol. The number of nitrogens with zero attached hydrogens (tertiary/aromatic N) is 1. The summed E-state index contributed by atoms with van der Waals surface area (Å²) in [4.78, 5) is 14.4. The molecule has 1 amide bonds. The van der Waals surface area contributed by atoms with Crippen LogP contribution in [0, 0.1) is 5.92 Å². The van der Waals surface area contributed by atoms with E-state index in [0.717, 1.165) is 50.4 Å². The first kappa shape index (κ1) is 17.2. The fraction of sp³-hybridized carbons (Fsp3) is 0.588. The third-order valence-corrected chi connectivity index (χ3v) is 4.73. The van der Waals surface area contributed by atoms with Crippen LogP contribution in [0.15, 0.2) is 24.3 Å². The van der Waals surface area contributed by atoms with Gasteiger partial charge in [0.1, 0.15) is 0 Å². The molecule has 24 heavy (non-hydrogen) atoms. The number of amides is 1. The van der Waals surface area contributed by atoms with Crippen molar-refractivity contribution in [1.29, 1.82) is 0 Å². The Hall–Kier alpha value is -1.60. The van der Waals surface area contributed by atoms with Crippen LogP contribution in [0.3, 0.4) is 0 Å². The van der Waals surface area contributed by atoms with Gasteiger partial charge in [-0.25, -0.2) is 0 Å². The van der Waals surface area contributed by atoms with Gasteiger partial charge in [-0.2, -0.15) is 13.2 Å². The third kappa shape index (κ3) is 4.27. The van der Waals surface area contributed by atoms with Crippen molar-refractivity contribution in [3.05, 3.63) is 35.4 Å². The van der Waals surface area contributed by atoms with E-state index in [1.807, 2.05) is 0 Å². The van der Waals surface area contributed by atoms with Crippen molar-refractivity contribution in [3.63, 3.8) is 0 Å². The molecule has 2 fully saturated rings. The van der Waals surface area contributed by atoms with E-state index in [4.69, 9.17) is 0 Å². The number of alkyl halides is 3. The van der Waals surface area contributed by atoms with Crippen molar-refractivity contribution in [2.24, 2.45) is 5.92 Å². The Bertz CT molecular complexity index is 567. The van der Waals surface area contributed by atoms with Crippen molar-refractivity contribution < 1.29 is 18.0 Å². The lowest BCUT2D eigenvalue weighted by Gasteiger charge is -2.27. The van der Waals surface area contributed by atoms with Crippen LogP contribution in [0.25, 0.3) is 0 Å². The highest BCUT2D eigenvalue weighted by atomic mass is 19.4. The number of hydrogen-bond donors (Lipinski definition) is 2. The summed E-state index contributed by atoms with van der Waals surface area (Å²) in [6.07, 6.45) is -3.60. The standard InChI is InChI=1S/C17H22F3N3O/c18-17(19,20)13-3-1-12(2-4-13)14-11-15(14)16(24)22-7-10-23-8-5-21-6-9-23/h1-4,14-15,21H,5-11H2,(H,22,24). The second kappa shape index (κ2) is 7.11. The zero-order valence-corrected chi connectivity index (χ0v) is 13.4. The molecule has 0 bridgehead atoms.